The molecule has 0 bridgehead atoms. The quantitative estimate of drug-likeness (QED) is 0.477. The van der Waals surface area contributed by atoms with Gasteiger partial charge in [-0.2, -0.15) is 9.61 Å². The summed E-state index contributed by atoms with van der Waals surface area (Å²) in [6.45, 7) is 2.05. The zero-order valence-corrected chi connectivity index (χ0v) is 15.5. The first kappa shape index (κ1) is 16.3. The van der Waals surface area contributed by atoms with Crippen molar-refractivity contribution >= 4 is 28.1 Å². The molecule has 9 nitrogen and oxygen atoms in total. The van der Waals surface area contributed by atoms with Crippen molar-refractivity contribution in [2.24, 2.45) is 0 Å². The minimum atomic E-state index is -0.202. The molecule has 0 aliphatic carbocycles. The van der Waals surface area contributed by atoms with E-state index in [1.54, 1.807) is 12.1 Å². The molecular weight excluding hydrogens is 390 g/mol. The summed E-state index contributed by atoms with van der Waals surface area (Å²) in [6.07, 6.45) is 0. The second kappa shape index (κ2) is 6.35. The number of aromatic nitrogens is 5. The highest BCUT2D eigenvalue weighted by Gasteiger charge is 2.17. The van der Waals surface area contributed by atoms with Crippen LogP contribution in [0, 0.1) is 6.92 Å². The van der Waals surface area contributed by atoms with Crippen molar-refractivity contribution < 1.29 is 13.9 Å². The van der Waals surface area contributed by atoms with Gasteiger partial charge in [-0.1, -0.05) is 23.1 Å². The molecule has 5 rings (SSSR count). The lowest BCUT2D eigenvalue weighted by molar-refractivity contribution is 0.174. The highest BCUT2D eigenvalue weighted by molar-refractivity contribution is 7.98. The van der Waals surface area contributed by atoms with Crippen molar-refractivity contribution in [2.45, 2.75) is 17.9 Å². The molecule has 0 saturated carbocycles. The number of ether oxygens (including phenoxy) is 2. The van der Waals surface area contributed by atoms with Crippen molar-refractivity contribution in [1.82, 2.24) is 24.8 Å². The van der Waals surface area contributed by atoms with E-state index in [2.05, 4.69) is 20.3 Å². The topological polar surface area (TPSA) is 105 Å². The van der Waals surface area contributed by atoms with Crippen molar-refractivity contribution in [3.05, 3.63) is 45.3 Å². The highest BCUT2D eigenvalue weighted by atomic mass is 32.2. The van der Waals surface area contributed by atoms with Gasteiger partial charge in [-0.05, 0) is 25.1 Å². The van der Waals surface area contributed by atoms with Crippen LogP contribution in [0.1, 0.15) is 10.7 Å². The molecule has 0 amide bonds. The summed E-state index contributed by atoms with van der Waals surface area (Å²) in [6, 6.07) is 6.90. The van der Waals surface area contributed by atoms with Gasteiger partial charge in [-0.25, -0.2) is 4.98 Å². The first-order chi connectivity index (χ1) is 13.2. The highest BCUT2D eigenvalue weighted by Crippen LogP contribution is 2.36. The molecule has 0 atom stereocenters. The Labute approximate surface area is 160 Å². The maximum atomic E-state index is 12.1. The number of fused-ring (bicyclic) bond motifs is 2. The number of hydrogen-bond donors (Lipinski definition) is 0. The van der Waals surface area contributed by atoms with Crippen molar-refractivity contribution in [3.8, 4) is 23.0 Å². The van der Waals surface area contributed by atoms with Crippen molar-refractivity contribution in [3.63, 3.8) is 0 Å². The van der Waals surface area contributed by atoms with Gasteiger partial charge in [0, 0.05) is 17.4 Å². The van der Waals surface area contributed by atoms with Crippen molar-refractivity contribution in [2.75, 3.05) is 6.79 Å². The first-order valence-electron chi connectivity index (χ1n) is 7.88. The van der Waals surface area contributed by atoms with Crippen LogP contribution >= 0.6 is 23.1 Å². The molecule has 0 fully saturated rings. The lowest BCUT2D eigenvalue weighted by atomic mass is 10.2. The molecule has 0 unspecified atom stereocenters. The van der Waals surface area contributed by atoms with Crippen LogP contribution in [0.5, 0.6) is 11.5 Å². The molecule has 0 saturated heterocycles. The normalized spacial score (nSPS) is 12.8. The van der Waals surface area contributed by atoms with Gasteiger partial charge in [0.15, 0.2) is 11.5 Å². The average Bonchev–Trinajstić information content (AvgIpc) is 3.38. The fourth-order valence-electron chi connectivity index (χ4n) is 2.58. The van der Waals surface area contributed by atoms with E-state index < -0.39 is 0 Å². The molecule has 27 heavy (non-hydrogen) atoms. The van der Waals surface area contributed by atoms with Crippen LogP contribution in [0.2, 0.25) is 0 Å². The molecule has 1 aliphatic rings. The van der Waals surface area contributed by atoms with E-state index >= 15 is 0 Å². The van der Waals surface area contributed by atoms with Gasteiger partial charge in [0.05, 0.1) is 5.69 Å². The Morgan fingerprint density at radius 1 is 1.22 bits per heavy atom. The summed E-state index contributed by atoms with van der Waals surface area (Å²) >= 11 is 2.69. The third-order valence-electron chi connectivity index (χ3n) is 3.77. The largest absolute Gasteiger partial charge is 0.454 e. The van der Waals surface area contributed by atoms with E-state index in [0.29, 0.717) is 39.0 Å². The number of benzene rings is 1. The molecule has 0 radical (unpaired) electrons. The van der Waals surface area contributed by atoms with Gasteiger partial charge >= 0.3 is 0 Å². The molecule has 0 spiro atoms. The predicted octanol–water partition coefficient (Wildman–Crippen LogP) is 2.53. The number of nitrogens with zero attached hydrogens (tertiary/aromatic N) is 5. The Morgan fingerprint density at radius 3 is 3.04 bits per heavy atom. The molecule has 3 aromatic heterocycles. The number of aryl methyl sites for hydroxylation is 1. The van der Waals surface area contributed by atoms with Crippen LogP contribution < -0.4 is 15.0 Å². The van der Waals surface area contributed by atoms with Crippen molar-refractivity contribution in [1.29, 1.82) is 0 Å². The minimum Gasteiger partial charge on any atom is -0.454 e. The number of rotatable bonds is 4. The van der Waals surface area contributed by atoms with E-state index in [0.717, 1.165) is 10.6 Å². The zero-order valence-electron chi connectivity index (χ0n) is 13.9. The SMILES string of the molecule is Cc1nn2c(=O)cc(CSc3nnc(-c4ccc5c(c4)OCO5)o3)nc2s1. The van der Waals surface area contributed by atoms with E-state index in [1.165, 1.54) is 33.7 Å². The Morgan fingerprint density at radius 2 is 2.11 bits per heavy atom. The van der Waals surface area contributed by atoms with Gasteiger partial charge in [0.1, 0.15) is 5.01 Å². The van der Waals surface area contributed by atoms with E-state index in [1.807, 2.05) is 13.0 Å². The minimum absolute atomic E-state index is 0.202. The van der Waals surface area contributed by atoms with Crippen LogP contribution in [-0.2, 0) is 5.75 Å². The van der Waals surface area contributed by atoms with Gasteiger partial charge in [0.25, 0.3) is 10.8 Å². The smallest absolute Gasteiger partial charge is 0.277 e. The van der Waals surface area contributed by atoms with Gasteiger partial charge in [-0.3, -0.25) is 4.79 Å². The number of thioether (sulfide) groups is 1. The second-order valence-corrected chi connectivity index (χ2v) is 7.72. The molecule has 11 heteroatoms. The van der Waals surface area contributed by atoms with E-state index in [9.17, 15) is 4.79 Å². The summed E-state index contributed by atoms with van der Waals surface area (Å²) in [5, 5.41) is 13.4. The number of hydrogen-bond acceptors (Lipinski definition) is 10. The third kappa shape index (κ3) is 3.04. The first-order valence-corrected chi connectivity index (χ1v) is 9.69. The lowest BCUT2D eigenvalue weighted by Gasteiger charge is -1.98. The summed E-state index contributed by atoms with van der Waals surface area (Å²) in [4.78, 5) is 17.1. The molecule has 4 aromatic rings. The Balaban J connectivity index is 1.34. The summed E-state index contributed by atoms with van der Waals surface area (Å²) < 4.78 is 17.7. The average molecular weight is 401 g/mol. The summed E-state index contributed by atoms with van der Waals surface area (Å²) in [5.74, 6) is 2.17. The standard InChI is InChI=1S/C16H11N5O4S2/c1-8-20-21-13(22)5-10(17-15(21)27-8)6-26-16-19-18-14(25-16)9-2-3-11-12(4-9)24-7-23-11/h2-5H,6-7H2,1H3. The molecule has 1 aromatic carbocycles. The van der Waals surface area contributed by atoms with Crippen LogP contribution in [0.25, 0.3) is 16.4 Å². The fourth-order valence-corrected chi connectivity index (χ4v) is 4.00. The van der Waals surface area contributed by atoms with Crippen LogP contribution in [0.3, 0.4) is 0 Å². The molecular formula is C16H11N5O4S2. The van der Waals surface area contributed by atoms with Crippen LogP contribution in [0.15, 0.2) is 38.7 Å². The second-order valence-electron chi connectivity index (χ2n) is 5.63. The molecule has 136 valence electrons. The van der Waals surface area contributed by atoms with Gasteiger partial charge < -0.3 is 13.9 Å². The summed E-state index contributed by atoms with van der Waals surface area (Å²) in [5.41, 5.74) is 1.18. The Bertz CT molecular complexity index is 1220. The van der Waals surface area contributed by atoms with Crippen LogP contribution in [0.4, 0.5) is 0 Å². The Hall–Kier alpha value is -2.92. The monoisotopic (exact) mass is 401 g/mol. The third-order valence-corrected chi connectivity index (χ3v) is 5.44. The molecule has 0 N–H and O–H groups in total. The van der Waals surface area contributed by atoms with E-state index in [-0.39, 0.29) is 12.4 Å². The van der Waals surface area contributed by atoms with Gasteiger partial charge in [0.2, 0.25) is 17.6 Å². The molecule has 1 aliphatic heterocycles. The lowest BCUT2D eigenvalue weighted by Crippen LogP contribution is -2.15. The summed E-state index contributed by atoms with van der Waals surface area (Å²) in [7, 11) is 0. The predicted molar refractivity (Wildman–Crippen MR) is 97.3 cm³/mol. The fraction of sp³-hybridized carbons (Fsp3) is 0.188. The van der Waals surface area contributed by atoms with Gasteiger partial charge in [-0.15, -0.1) is 10.2 Å². The zero-order chi connectivity index (χ0) is 18.4. The maximum Gasteiger partial charge on any atom is 0.277 e. The maximum absolute atomic E-state index is 12.1. The molecule has 4 heterocycles. The van der Waals surface area contributed by atoms with Crippen LogP contribution in [-0.4, -0.2) is 31.6 Å². The Kier molecular flexibility index (Phi) is 3.83. The van der Waals surface area contributed by atoms with E-state index in [4.69, 9.17) is 13.9 Å².